The fraction of sp³-hybridized carbons (Fsp3) is 0.333. The van der Waals surface area contributed by atoms with Gasteiger partial charge in [0.2, 0.25) is 0 Å². The number of hydrogen-bond donors (Lipinski definition) is 0. The second-order valence-electron chi connectivity index (χ2n) is 5.08. The summed E-state index contributed by atoms with van der Waals surface area (Å²) in [5.41, 5.74) is 2.03. The molecular weight excluding hydrogens is 395 g/mol. The summed E-state index contributed by atoms with van der Waals surface area (Å²) in [6.07, 6.45) is 0. The van der Waals surface area contributed by atoms with Crippen LogP contribution in [0.4, 0.5) is 0 Å². The van der Waals surface area contributed by atoms with E-state index in [1.54, 1.807) is 0 Å². The van der Waals surface area contributed by atoms with E-state index in [1.165, 1.54) is 11.3 Å². The molecule has 0 radical (unpaired) electrons. The molecule has 0 saturated heterocycles. The zero-order valence-electron chi connectivity index (χ0n) is 11.2. The Hall–Kier alpha value is -0.420. The number of hydrogen-bond acceptors (Lipinski definition) is 3. The lowest BCUT2D eigenvalue weighted by molar-refractivity contribution is 0.228. The second-order valence-corrected chi connectivity index (χ2v) is 8.28. The van der Waals surface area contributed by atoms with Gasteiger partial charge in [0.05, 0.1) is 26.7 Å². The molecule has 0 amide bonds. The van der Waals surface area contributed by atoms with E-state index in [1.807, 2.05) is 24.3 Å². The molecule has 6 heteroatoms. The predicted molar refractivity (Wildman–Crippen MR) is 91.7 cm³/mol. The molecule has 2 unspecified atom stereocenters. The largest absolute Gasteiger partial charge is 0.489 e. The van der Waals surface area contributed by atoms with Gasteiger partial charge in [-0.1, -0.05) is 52.1 Å². The highest BCUT2D eigenvalue weighted by atomic mass is 79.9. The summed E-state index contributed by atoms with van der Waals surface area (Å²) < 4.78 is 12.9. The standard InChI is InChI=1S/C15H13BrCl2O2S/c1-8-6-19-11-3-2-9(4-12(11)20-7-8)14(16)10-5-13(17)21-15(10)18/h2-5,8,14H,6-7H2,1H3. The van der Waals surface area contributed by atoms with Crippen molar-refractivity contribution >= 4 is 50.5 Å². The van der Waals surface area contributed by atoms with Gasteiger partial charge in [-0.2, -0.15) is 0 Å². The fourth-order valence-corrected chi connectivity index (χ4v) is 4.59. The third kappa shape index (κ3) is 3.34. The molecule has 1 aromatic heterocycles. The van der Waals surface area contributed by atoms with Crippen molar-refractivity contribution in [3.8, 4) is 11.5 Å². The molecule has 2 nitrogen and oxygen atoms in total. The van der Waals surface area contributed by atoms with E-state index in [2.05, 4.69) is 22.9 Å². The fourth-order valence-electron chi connectivity index (χ4n) is 2.13. The predicted octanol–water partition coefficient (Wildman–Crippen LogP) is 5.95. The first kappa shape index (κ1) is 15.5. The smallest absolute Gasteiger partial charge is 0.161 e. The van der Waals surface area contributed by atoms with Crippen LogP contribution in [0.1, 0.15) is 22.9 Å². The van der Waals surface area contributed by atoms with Crippen molar-refractivity contribution in [1.82, 2.24) is 0 Å². The summed E-state index contributed by atoms with van der Waals surface area (Å²) >= 11 is 17.3. The van der Waals surface area contributed by atoms with E-state index in [9.17, 15) is 0 Å². The molecule has 3 rings (SSSR count). The lowest BCUT2D eigenvalue weighted by Crippen LogP contribution is -2.12. The molecule has 0 spiro atoms. The van der Waals surface area contributed by atoms with Crippen molar-refractivity contribution in [3.63, 3.8) is 0 Å². The van der Waals surface area contributed by atoms with Crippen molar-refractivity contribution < 1.29 is 9.47 Å². The van der Waals surface area contributed by atoms with E-state index >= 15 is 0 Å². The van der Waals surface area contributed by atoms with Crippen molar-refractivity contribution in [1.29, 1.82) is 0 Å². The average Bonchev–Trinajstić information content (AvgIpc) is 2.69. The Morgan fingerprint density at radius 3 is 2.57 bits per heavy atom. The lowest BCUT2D eigenvalue weighted by Gasteiger charge is -2.13. The molecule has 112 valence electrons. The molecule has 2 heterocycles. The van der Waals surface area contributed by atoms with E-state index in [0.717, 1.165) is 22.6 Å². The van der Waals surface area contributed by atoms with Crippen LogP contribution >= 0.6 is 50.5 Å². The van der Waals surface area contributed by atoms with E-state index in [-0.39, 0.29) is 4.83 Å². The maximum atomic E-state index is 6.23. The zero-order chi connectivity index (χ0) is 15.0. The maximum Gasteiger partial charge on any atom is 0.161 e. The number of ether oxygens (including phenoxy) is 2. The van der Waals surface area contributed by atoms with Gasteiger partial charge in [0, 0.05) is 11.5 Å². The van der Waals surface area contributed by atoms with Gasteiger partial charge in [-0.3, -0.25) is 0 Å². The minimum absolute atomic E-state index is 0.0247. The molecular formula is C15H13BrCl2O2S. The van der Waals surface area contributed by atoms with Crippen LogP contribution in [0.25, 0.3) is 0 Å². The number of thiophene rings is 1. The summed E-state index contributed by atoms with van der Waals surface area (Å²) in [6.45, 7) is 3.44. The van der Waals surface area contributed by atoms with Gasteiger partial charge in [-0.25, -0.2) is 0 Å². The number of benzene rings is 1. The van der Waals surface area contributed by atoms with Crippen LogP contribution in [-0.4, -0.2) is 13.2 Å². The Kier molecular flexibility index (Phi) is 4.69. The first-order valence-corrected chi connectivity index (χ1v) is 9.01. The molecule has 1 aromatic carbocycles. The Morgan fingerprint density at radius 1 is 1.19 bits per heavy atom. The van der Waals surface area contributed by atoms with Crippen LogP contribution in [-0.2, 0) is 0 Å². The van der Waals surface area contributed by atoms with Crippen molar-refractivity contribution in [3.05, 3.63) is 44.1 Å². The highest BCUT2D eigenvalue weighted by molar-refractivity contribution is 9.09. The minimum atomic E-state index is -0.0247. The second kappa shape index (κ2) is 6.37. The zero-order valence-corrected chi connectivity index (χ0v) is 15.2. The van der Waals surface area contributed by atoms with Crippen molar-refractivity contribution in [2.24, 2.45) is 5.92 Å². The van der Waals surface area contributed by atoms with Gasteiger partial charge in [-0.15, -0.1) is 11.3 Å². The summed E-state index contributed by atoms with van der Waals surface area (Å²) in [4.78, 5) is -0.0247. The molecule has 1 aliphatic rings. The number of alkyl halides is 1. The monoisotopic (exact) mass is 406 g/mol. The third-order valence-electron chi connectivity index (χ3n) is 3.26. The van der Waals surface area contributed by atoms with Gasteiger partial charge in [0.1, 0.15) is 0 Å². The van der Waals surface area contributed by atoms with Crippen LogP contribution < -0.4 is 9.47 Å². The summed E-state index contributed by atoms with van der Waals surface area (Å²) in [7, 11) is 0. The maximum absolute atomic E-state index is 6.23. The van der Waals surface area contributed by atoms with Gasteiger partial charge in [0.15, 0.2) is 11.5 Å². The van der Waals surface area contributed by atoms with E-state index in [4.69, 9.17) is 32.7 Å². The molecule has 1 aliphatic heterocycles. The Balaban J connectivity index is 1.91. The van der Waals surface area contributed by atoms with E-state index in [0.29, 0.717) is 27.8 Å². The Morgan fingerprint density at radius 2 is 1.90 bits per heavy atom. The number of fused-ring (bicyclic) bond motifs is 1. The van der Waals surface area contributed by atoms with Gasteiger partial charge in [-0.05, 0) is 23.8 Å². The van der Waals surface area contributed by atoms with E-state index < -0.39 is 0 Å². The highest BCUT2D eigenvalue weighted by Gasteiger charge is 2.20. The summed E-state index contributed by atoms with van der Waals surface area (Å²) in [6, 6.07) is 7.84. The average molecular weight is 408 g/mol. The molecule has 2 aromatic rings. The first-order chi connectivity index (χ1) is 10.0. The van der Waals surface area contributed by atoms with Gasteiger partial charge < -0.3 is 9.47 Å². The molecule has 2 atom stereocenters. The first-order valence-electron chi connectivity index (χ1n) is 6.53. The van der Waals surface area contributed by atoms with Crippen LogP contribution in [0.3, 0.4) is 0 Å². The highest BCUT2D eigenvalue weighted by Crippen LogP contribution is 2.43. The Labute approximate surface area is 146 Å². The molecule has 0 aliphatic carbocycles. The van der Waals surface area contributed by atoms with Gasteiger partial charge in [0.25, 0.3) is 0 Å². The molecule has 21 heavy (non-hydrogen) atoms. The molecule has 0 N–H and O–H groups in total. The SMILES string of the molecule is CC1COc2ccc(C(Br)c3cc(Cl)sc3Cl)cc2OC1. The Bertz CT molecular complexity index is 659. The van der Waals surface area contributed by atoms with Crippen LogP contribution in [0.5, 0.6) is 11.5 Å². The van der Waals surface area contributed by atoms with Gasteiger partial charge >= 0.3 is 0 Å². The van der Waals surface area contributed by atoms with Crippen LogP contribution in [0.2, 0.25) is 8.67 Å². The third-order valence-corrected chi connectivity index (χ3v) is 5.80. The number of halogens is 3. The molecule has 0 bridgehead atoms. The lowest BCUT2D eigenvalue weighted by atomic mass is 10.1. The summed E-state index contributed by atoms with van der Waals surface area (Å²) in [5, 5.41) is 0. The van der Waals surface area contributed by atoms with Crippen molar-refractivity contribution in [2.45, 2.75) is 11.8 Å². The van der Waals surface area contributed by atoms with Crippen LogP contribution in [0, 0.1) is 5.92 Å². The minimum Gasteiger partial charge on any atom is -0.489 e. The van der Waals surface area contributed by atoms with Crippen molar-refractivity contribution in [2.75, 3.05) is 13.2 Å². The molecule has 0 fully saturated rings. The summed E-state index contributed by atoms with van der Waals surface area (Å²) in [5.74, 6) is 1.95. The number of rotatable bonds is 2. The normalized spacial score (nSPS) is 19.1. The quantitative estimate of drug-likeness (QED) is 0.573. The topological polar surface area (TPSA) is 18.5 Å². The van der Waals surface area contributed by atoms with Crippen LogP contribution in [0.15, 0.2) is 24.3 Å². The molecule has 0 saturated carbocycles.